The number of aromatic nitrogens is 2. The maximum Gasteiger partial charge on any atom is 0.246 e. The Bertz CT molecular complexity index is 953. The number of ether oxygens (including phenoxy) is 1. The van der Waals surface area contributed by atoms with Crippen molar-refractivity contribution >= 4 is 40.8 Å². The Morgan fingerprint density at radius 2 is 2.12 bits per heavy atom. The van der Waals surface area contributed by atoms with E-state index in [0.717, 1.165) is 5.65 Å². The summed E-state index contributed by atoms with van der Waals surface area (Å²) in [4.78, 5) is 18.1. The standard InChI is InChI=1S/C19H17Cl2N3O2/c1-23(11-12-26-15-6-4-5-14(20)13-15)18(25)9-8-16-19(21)22-17-7-2-3-10-24(16)17/h2-10,13H,11-12H2,1H3/b9-8+. The Balaban J connectivity index is 1.58. The van der Waals surface area contributed by atoms with E-state index in [1.165, 1.54) is 6.08 Å². The molecule has 0 aliphatic heterocycles. The summed E-state index contributed by atoms with van der Waals surface area (Å²) >= 11 is 12.1. The number of likely N-dealkylation sites (N-methyl/N-ethyl adjacent to an activating group) is 1. The van der Waals surface area contributed by atoms with Crippen molar-refractivity contribution in [2.75, 3.05) is 20.2 Å². The number of imidazole rings is 1. The lowest BCUT2D eigenvalue weighted by molar-refractivity contribution is -0.125. The van der Waals surface area contributed by atoms with Gasteiger partial charge in [0.15, 0.2) is 5.15 Å². The number of hydrogen-bond acceptors (Lipinski definition) is 3. The van der Waals surface area contributed by atoms with Crippen LogP contribution in [0.3, 0.4) is 0 Å². The predicted molar refractivity (Wildman–Crippen MR) is 104 cm³/mol. The molecule has 1 amide bonds. The Morgan fingerprint density at radius 3 is 2.92 bits per heavy atom. The third-order valence-electron chi connectivity index (χ3n) is 3.77. The number of rotatable bonds is 6. The second-order valence-electron chi connectivity index (χ2n) is 5.62. The van der Waals surface area contributed by atoms with Gasteiger partial charge < -0.3 is 9.64 Å². The molecule has 0 saturated carbocycles. The molecular weight excluding hydrogens is 373 g/mol. The molecule has 134 valence electrons. The third-order valence-corrected chi connectivity index (χ3v) is 4.29. The van der Waals surface area contributed by atoms with Gasteiger partial charge >= 0.3 is 0 Å². The zero-order valence-electron chi connectivity index (χ0n) is 14.1. The number of halogens is 2. The van der Waals surface area contributed by atoms with Crippen LogP contribution in [0.1, 0.15) is 5.69 Å². The van der Waals surface area contributed by atoms with E-state index >= 15 is 0 Å². The largest absolute Gasteiger partial charge is 0.492 e. The molecular formula is C19H17Cl2N3O2. The summed E-state index contributed by atoms with van der Waals surface area (Å²) in [7, 11) is 1.71. The monoisotopic (exact) mass is 389 g/mol. The molecule has 2 aromatic heterocycles. The first-order valence-electron chi connectivity index (χ1n) is 7.99. The number of carbonyl (C=O) groups excluding carboxylic acids is 1. The lowest BCUT2D eigenvalue weighted by Gasteiger charge is -2.15. The van der Waals surface area contributed by atoms with Crippen molar-refractivity contribution < 1.29 is 9.53 Å². The Morgan fingerprint density at radius 1 is 1.27 bits per heavy atom. The van der Waals surface area contributed by atoms with Gasteiger partial charge in [0, 0.05) is 24.3 Å². The number of amides is 1. The zero-order chi connectivity index (χ0) is 18.5. The maximum atomic E-state index is 12.3. The minimum atomic E-state index is -0.151. The molecule has 5 nitrogen and oxygen atoms in total. The molecule has 7 heteroatoms. The van der Waals surface area contributed by atoms with E-state index in [1.807, 2.05) is 40.9 Å². The highest BCUT2D eigenvalue weighted by Crippen LogP contribution is 2.19. The lowest BCUT2D eigenvalue weighted by atomic mass is 10.3. The van der Waals surface area contributed by atoms with Gasteiger partial charge in [-0.3, -0.25) is 9.20 Å². The smallest absolute Gasteiger partial charge is 0.246 e. The molecule has 2 heterocycles. The molecule has 3 aromatic rings. The van der Waals surface area contributed by atoms with Crippen molar-refractivity contribution in [3.63, 3.8) is 0 Å². The number of nitrogens with zero attached hydrogens (tertiary/aromatic N) is 3. The lowest BCUT2D eigenvalue weighted by Crippen LogP contribution is -2.29. The third kappa shape index (κ3) is 4.36. The van der Waals surface area contributed by atoms with Crippen molar-refractivity contribution in [3.8, 4) is 5.75 Å². The highest BCUT2D eigenvalue weighted by Gasteiger charge is 2.09. The van der Waals surface area contributed by atoms with Crippen molar-refractivity contribution in [2.45, 2.75) is 0 Å². The maximum absolute atomic E-state index is 12.3. The minimum Gasteiger partial charge on any atom is -0.492 e. The van der Waals surface area contributed by atoms with E-state index in [4.69, 9.17) is 27.9 Å². The van der Waals surface area contributed by atoms with Gasteiger partial charge in [0.05, 0.1) is 12.2 Å². The molecule has 0 N–H and O–H groups in total. The summed E-state index contributed by atoms with van der Waals surface area (Å²) in [6, 6.07) is 12.8. The van der Waals surface area contributed by atoms with Gasteiger partial charge in [-0.1, -0.05) is 35.3 Å². The average Bonchev–Trinajstić information content (AvgIpc) is 2.94. The Kier molecular flexibility index (Phi) is 5.81. The van der Waals surface area contributed by atoms with Crippen LogP contribution in [0.4, 0.5) is 0 Å². The topological polar surface area (TPSA) is 46.8 Å². The highest BCUT2D eigenvalue weighted by molar-refractivity contribution is 6.31. The molecule has 0 atom stereocenters. The molecule has 0 unspecified atom stereocenters. The normalized spacial score (nSPS) is 11.2. The van der Waals surface area contributed by atoms with E-state index in [-0.39, 0.29) is 5.91 Å². The second-order valence-corrected chi connectivity index (χ2v) is 6.41. The molecule has 26 heavy (non-hydrogen) atoms. The zero-order valence-corrected chi connectivity index (χ0v) is 15.6. The van der Waals surface area contributed by atoms with Gasteiger partial charge in [0.25, 0.3) is 0 Å². The quantitative estimate of drug-likeness (QED) is 0.593. The van der Waals surface area contributed by atoms with Crippen molar-refractivity contribution in [1.82, 2.24) is 14.3 Å². The molecule has 0 bridgehead atoms. The van der Waals surface area contributed by atoms with Crippen molar-refractivity contribution in [2.24, 2.45) is 0 Å². The van der Waals surface area contributed by atoms with E-state index in [9.17, 15) is 4.79 Å². The number of hydrogen-bond donors (Lipinski definition) is 0. The number of benzene rings is 1. The van der Waals surface area contributed by atoms with E-state index in [0.29, 0.717) is 34.8 Å². The fraction of sp³-hybridized carbons (Fsp3) is 0.158. The first kappa shape index (κ1) is 18.3. The van der Waals surface area contributed by atoms with Gasteiger partial charge in [0.1, 0.15) is 18.0 Å². The first-order valence-corrected chi connectivity index (χ1v) is 8.74. The SMILES string of the molecule is CN(CCOc1cccc(Cl)c1)C(=O)/C=C/c1c(Cl)nc2ccccn12. The molecule has 0 aliphatic rings. The van der Waals surface area contributed by atoms with Crippen LogP contribution >= 0.6 is 23.2 Å². The van der Waals surface area contributed by atoms with Gasteiger partial charge in [-0.25, -0.2) is 4.98 Å². The van der Waals surface area contributed by atoms with Crippen LogP contribution in [-0.4, -0.2) is 40.4 Å². The fourth-order valence-corrected chi connectivity index (χ4v) is 2.80. The number of carbonyl (C=O) groups is 1. The average molecular weight is 390 g/mol. The van der Waals surface area contributed by atoms with E-state index < -0.39 is 0 Å². The second kappa shape index (κ2) is 8.25. The molecule has 3 rings (SSSR count). The first-order chi connectivity index (χ1) is 12.5. The Hall–Kier alpha value is -2.50. The van der Waals surface area contributed by atoms with Gasteiger partial charge in [-0.05, 0) is 36.4 Å². The van der Waals surface area contributed by atoms with E-state index in [2.05, 4.69) is 4.98 Å². The summed E-state index contributed by atoms with van der Waals surface area (Å²) in [5, 5.41) is 0.965. The fourth-order valence-electron chi connectivity index (χ4n) is 2.38. The minimum absolute atomic E-state index is 0.151. The molecule has 1 aromatic carbocycles. The van der Waals surface area contributed by atoms with Crippen LogP contribution in [-0.2, 0) is 4.79 Å². The Labute approximate surface area is 161 Å². The summed E-state index contributed by atoms with van der Waals surface area (Å²) in [6.45, 7) is 0.809. The molecule has 0 fully saturated rings. The summed E-state index contributed by atoms with van der Waals surface area (Å²) in [6.07, 6.45) is 4.99. The number of fused-ring (bicyclic) bond motifs is 1. The molecule has 0 radical (unpaired) electrons. The summed E-state index contributed by atoms with van der Waals surface area (Å²) < 4.78 is 7.42. The molecule has 0 saturated heterocycles. The van der Waals surface area contributed by atoms with Crippen molar-refractivity contribution in [1.29, 1.82) is 0 Å². The summed E-state index contributed by atoms with van der Waals surface area (Å²) in [5.74, 6) is 0.521. The van der Waals surface area contributed by atoms with Gasteiger partial charge in [-0.2, -0.15) is 0 Å². The number of pyridine rings is 1. The predicted octanol–water partition coefficient (Wildman–Crippen LogP) is 4.19. The molecule has 0 spiro atoms. The van der Waals surface area contributed by atoms with Gasteiger partial charge in [-0.15, -0.1) is 0 Å². The summed E-state index contributed by atoms with van der Waals surface area (Å²) in [5.41, 5.74) is 1.40. The van der Waals surface area contributed by atoms with Crippen LogP contribution in [0.2, 0.25) is 10.2 Å². The molecule has 0 aliphatic carbocycles. The van der Waals surface area contributed by atoms with Crippen LogP contribution in [0, 0.1) is 0 Å². The van der Waals surface area contributed by atoms with Crippen LogP contribution in [0.5, 0.6) is 5.75 Å². The van der Waals surface area contributed by atoms with Crippen LogP contribution in [0.25, 0.3) is 11.7 Å². The van der Waals surface area contributed by atoms with E-state index in [1.54, 1.807) is 30.2 Å². The highest BCUT2D eigenvalue weighted by atomic mass is 35.5. The van der Waals surface area contributed by atoms with Crippen molar-refractivity contribution in [3.05, 3.63) is 70.6 Å². The van der Waals surface area contributed by atoms with Gasteiger partial charge in [0.2, 0.25) is 5.91 Å². The van der Waals surface area contributed by atoms with Crippen LogP contribution < -0.4 is 4.74 Å². The van der Waals surface area contributed by atoms with Crippen LogP contribution in [0.15, 0.2) is 54.7 Å².